The second-order valence-corrected chi connectivity index (χ2v) is 6.14. The summed E-state index contributed by atoms with van der Waals surface area (Å²) in [5, 5.41) is 2.73. The minimum absolute atomic E-state index is 0.309. The van der Waals surface area contributed by atoms with Crippen LogP contribution in [0, 0.1) is 17.4 Å². The van der Waals surface area contributed by atoms with Gasteiger partial charge in [-0.3, -0.25) is 4.79 Å². The summed E-state index contributed by atoms with van der Waals surface area (Å²) in [6.07, 6.45) is 0. The van der Waals surface area contributed by atoms with Crippen LogP contribution in [0.25, 0.3) is 0 Å². The SMILES string of the molecule is Cc1cc(C)cc(NC(=O)COC(=O)c2ccccc2I)c1. The fourth-order valence-electron chi connectivity index (χ4n) is 2.08. The van der Waals surface area contributed by atoms with E-state index in [0.29, 0.717) is 11.3 Å². The Morgan fingerprint density at radius 3 is 2.36 bits per heavy atom. The number of amides is 1. The Hall–Kier alpha value is -1.89. The van der Waals surface area contributed by atoms with Crippen molar-refractivity contribution in [3.05, 3.63) is 62.7 Å². The zero-order valence-corrected chi connectivity index (χ0v) is 14.5. The monoisotopic (exact) mass is 409 g/mol. The lowest BCUT2D eigenvalue weighted by Gasteiger charge is -2.09. The van der Waals surface area contributed by atoms with Crippen molar-refractivity contribution >= 4 is 40.2 Å². The van der Waals surface area contributed by atoms with Gasteiger partial charge in [0.15, 0.2) is 6.61 Å². The second-order valence-electron chi connectivity index (χ2n) is 4.98. The first kappa shape index (κ1) is 16.5. The number of hydrogen-bond donors (Lipinski definition) is 1. The smallest absolute Gasteiger partial charge is 0.339 e. The zero-order chi connectivity index (χ0) is 16.1. The number of esters is 1. The van der Waals surface area contributed by atoms with Crippen molar-refractivity contribution in [2.75, 3.05) is 11.9 Å². The number of rotatable bonds is 4. The molecule has 0 saturated heterocycles. The normalized spacial score (nSPS) is 10.1. The number of carbonyl (C=O) groups excluding carboxylic acids is 2. The van der Waals surface area contributed by atoms with Gasteiger partial charge in [-0.15, -0.1) is 0 Å². The van der Waals surface area contributed by atoms with Crippen LogP contribution in [0.15, 0.2) is 42.5 Å². The van der Waals surface area contributed by atoms with E-state index in [1.54, 1.807) is 12.1 Å². The Bertz CT molecular complexity index is 693. The maximum absolute atomic E-state index is 11.9. The van der Waals surface area contributed by atoms with Gasteiger partial charge in [0.05, 0.1) is 5.56 Å². The number of benzene rings is 2. The second kappa shape index (κ2) is 7.40. The van der Waals surface area contributed by atoms with Gasteiger partial charge in [0.2, 0.25) is 0 Å². The average Bonchev–Trinajstić information content (AvgIpc) is 2.44. The molecule has 0 saturated carbocycles. The number of carbonyl (C=O) groups is 2. The maximum atomic E-state index is 11.9. The molecule has 0 unspecified atom stereocenters. The molecule has 2 aromatic rings. The molecule has 22 heavy (non-hydrogen) atoms. The lowest BCUT2D eigenvalue weighted by atomic mass is 10.1. The molecule has 114 valence electrons. The van der Waals surface area contributed by atoms with E-state index in [1.165, 1.54) is 0 Å². The lowest BCUT2D eigenvalue weighted by Crippen LogP contribution is -2.21. The van der Waals surface area contributed by atoms with Gasteiger partial charge in [0, 0.05) is 9.26 Å². The predicted octanol–water partition coefficient (Wildman–Crippen LogP) is 3.70. The van der Waals surface area contributed by atoms with Crippen LogP contribution in [0.2, 0.25) is 0 Å². The minimum atomic E-state index is -0.499. The fraction of sp³-hybridized carbons (Fsp3) is 0.176. The van der Waals surface area contributed by atoms with Crippen LogP contribution in [0.3, 0.4) is 0 Å². The van der Waals surface area contributed by atoms with Gasteiger partial charge >= 0.3 is 5.97 Å². The van der Waals surface area contributed by atoms with Crippen molar-refractivity contribution in [3.8, 4) is 0 Å². The number of anilines is 1. The number of nitrogens with one attached hydrogen (secondary N) is 1. The molecular formula is C17H16INO3. The Kier molecular flexibility index (Phi) is 5.54. The Morgan fingerprint density at radius 1 is 1.09 bits per heavy atom. The van der Waals surface area contributed by atoms with Crippen LogP contribution in [0.4, 0.5) is 5.69 Å². The third kappa shape index (κ3) is 4.56. The summed E-state index contributed by atoms with van der Waals surface area (Å²) in [6, 6.07) is 12.8. The quantitative estimate of drug-likeness (QED) is 0.619. The third-order valence-electron chi connectivity index (χ3n) is 2.93. The van der Waals surface area contributed by atoms with Crippen molar-refractivity contribution in [3.63, 3.8) is 0 Å². The van der Waals surface area contributed by atoms with E-state index < -0.39 is 5.97 Å². The molecule has 0 fully saturated rings. The molecule has 0 radical (unpaired) electrons. The standard InChI is InChI=1S/C17H16INO3/c1-11-7-12(2)9-13(8-11)19-16(20)10-22-17(21)14-5-3-4-6-15(14)18/h3-9H,10H2,1-2H3,(H,19,20). The van der Waals surface area contributed by atoms with Crippen LogP contribution < -0.4 is 5.32 Å². The molecule has 0 aliphatic carbocycles. The fourth-order valence-corrected chi connectivity index (χ4v) is 2.69. The van der Waals surface area contributed by atoms with E-state index in [9.17, 15) is 9.59 Å². The average molecular weight is 409 g/mol. The number of aryl methyl sites for hydroxylation is 2. The molecule has 1 amide bonds. The van der Waals surface area contributed by atoms with Crippen LogP contribution in [0.5, 0.6) is 0 Å². The Balaban J connectivity index is 1.93. The number of halogens is 1. The molecule has 0 atom stereocenters. The van der Waals surface area contributed by atoms with Gasteiger partial charge in [-0.1, -0.05) is 18.2 Å². The first-order chi connectivity index (χ1) is 10.5. The lowest BCUT2D eigenvalue weighted by molar-refractivity contribution is -0.119. The summed E-state index contributed by atoms with van der Waals surface area (Å²) in [5.74, 6) is -0.857. The molecule has 4 nitrogen and oxygen atoms in total. The highest BCUT2D eigenvalue weighted by molar-refractivity contribution is 14.1. The predicted molar refractivity (Wildman–Crippen MR) is 94.0 cm³/mol. The van der Waals surface area contributed by atoms with Crippen molar-refractivity contribution < 1.29 is 14.3 Å². The molecule has 0 spiro atoms. The molecule has 1 N–H and O–H groups in total. The van der Waals surface area contributed by atoms with Crippen LogP contribution in [-0.2, 0) is 9.53 Å². The molecule has 0 aromatic heterocycles. The molecule has 0 bridgehead atoms. The highest BCUT2D eigenvalue weighted by Gasteiger charge is 2.13. The van der Waals surface area contributed by atoms with E-state index >= 15 is 0 Å². The van der Waals surface area contributed by atoms with Gasteiger partial charge in [-0.05, 0) is 71.8 Å². The summed E-state index contributed by atoms with van der Waals surface area (Å²) in [5.41, 5.74) is 3.28. The Morgan fingerprint density at radius 2 is 1.73 bits per heavy atom. The summed E-state index contributed by atoms with van der Waals surface area (Å²) >= 11 is 2.06. The first-order valence-electron chi connectivity index (χ1n) is 6.75. The first-order valence-corrected chi connectivity index (χ1v) is 7.83. The van der Waals surface area contributed by atoms with Crippen molar-refractivity contribution in [2.24, 2.45) is 0 Å². The number of ether oxygens (including phenoxy) is 1. The van der Waals surface area contributed by atoms with Crippen LogP contribution >= 0.6 is 22.6 Å². The largest absolute Gasteiger partial charge is 0.452 e. The highest BCUT2D eigenvalue weighted by Crippen LogP contribution is 2.14. The van der Waals surface area contributed by atoms with Crippen molar-refractivity contribution in [1.29, 1.82) is 0 Å². The van der Waals surface area contributed by atoms with Crippen molar-refractivity contribution in [1.82, 2.24) is 0 Å². The summed E-state index contributed by atoms with van der Waals surface area (Å²) in [6.45, 7) is 3.61. The van der Waals surface area contributed by atoms with Gasteiger partial charge < -0.3 is 10.1 Å². The molecule has 0 aliphatic rings. The van der Waals surface area contributed by atoms with Gasteiger partial charge in [-0.2, -0.15) is 0 Å². The molecule has 2 rings (SSSR count). The summed E-state index contributed by atoms with van der Waals surface area (Å²) < 4.78 is 5.84. The molecule has 0 heterocycles. The zero-order valence-electron chi connectivity index (χ0n) is 12.4. The Labute approximate surface area is 143 Å². The van der Waals surface area contributed by atoms with E-state index in [0.717, 1.165) is 14.7 Å². The minimum Gasteiger partial charge on any atom is -0.452 e. The van der Waals surface area contributed by atoms with E-state index in [1.807, 2.05) is 44.2 Å². The molecule has 0 aliphatic heterocycles. The van der Waals surface area contributed by atoms with Crippen molar-refractivity contribution in [2.45, 2.75) is 13.8 Å². The van der Waals surface area contributed by atoms with Gasteiger partial charge in [-0.25, -0.2) is 4.79 Å². The molecule has 5 heteroatoms. The number of hydrogen-bond acceptors (Lipinski definition) is 3. The molecular weight excluding hydrogens is 393 g/mol. The summed E-state index contributed by atoms with van der Waals surface area (Å²) in [7, 11) is 0. The van der Waals surface area contributed by atoms with E-state index in [2.05, 4.69) is 27.9 Å². The topological polar surface area (TPSA) is 55.4 Å². The summed E-state index contributed by atoms with van der Waals surface area (Å²) in [4.78, 5) is 23.8. The van der Waals surface area contributed by atoms with E-state index in [-0.39, 0.29) is 12.5 Å². The molecule has 2 aromatic carbocycles. The van der Waals surface area contributed by atoms with Crippen LogP contribution in [-0.4, -0.2) is 18.5 Å². The maximum Gasteiger partial charge on any atom is 0.339 e. The highest BCUT2D eigenvalue weighted by atomic mass is 127. The van der Waals surface area contributed by atoms with E-state index in [4.69, 9.17) is 4.74 Å². The third-order valence-corrected chi connectivity index (χ3v) is 3.87. The van der Waals surface area contributed by atoms with Gasteiger partial charge in [0.25, 0.3) is 5.91 Å². The van der Waals surface area contributed by atoms with Gasteiger partial charge in [0.1, 0.15) is 0 Å². The van der Waals surface area contributed by atoms with Crippen LogP contribution in [0.1, 0.15) is 21.5 Å².